The summed E-state index contributed by atoms with van der Waals surface area (Å²) in [4.78, 5) is 45.0. The maximum absolute atomic E-state index is 11.8. The normalized spacial score (nSPS) is 14.4. The fourth-order valence-corrected chi connectivity index (χ4v) is 1.44. The van der Waals surface area contributed by atoms with Crippen LogP contribution in [-0.4, -0.2) is 54.0 Å². The summed E-state index contributed by atoms with van der Waals surface area (Å²) < 4.78 is 0. The Bertz CT molecular complexity index is 427. The van der Waals surface area contributed by atoms with Gasteiger partial charge in [-0.05, 0) is 12.8 Å². The predicted molar refractivity (Wildman–Crippen MR) is 78.7 cm³/mol. The zero-order valence-corrected chi connectivity index (χ0v) is 13.0. The van der Waals surface area contributed by atoms with Crippen LogP contribution < -0.4 is 21.7 Å². The first-order chi connectivity index (χ1) is 10.2. The lowest BCUT2D eigenvalue weighted by Gasteiger charge is -2.20. The average molecular weight is 316 g/mol. The molecule has 9 heteroatoms. The van der Waals surface area contributed by atoms with Crippen molar-refractivity contribution in [2.24, 2.45) is 11.7 Å². The summed E-state index contributed by atoms with van der Waals surface area (Å²) in [6.07, 6.45) is 0.735. The van der Waals surface area contributed by atoms with E-state index in [0.29, 0.717) is 0 Å². The van der Waals surface area contributed by atoms with Crippen LogP contribution in [0.15, 0.2) is 0 Å². The van der Waals surface area contributed by atoms with Crippen LogP contribution in [0.3, 0.4) is 0 Å². The number of aliphatic carboxylic acids is 1. The minimum atomic E-state index is -1.18. The molecule has 6 N–H and O–H groups in total. The van der Waals surface area contributed by atoms with Crippen LogP contribution in [0.4, 0.5) is 0 Å². The van der Waals surface area contributed by atoms with Gasteiger partial charge in [-0.15, -0.1) is 0 Å². The molecule has 22 heavy (non-hydrogen) atoms. The zero-order chi connectivity index (χ0) is 17.3. The molecule has 126 valence electrons. The van der Waals surface area contributed by atoms with Crippen molar-refractivity contribution in [3.8, 4) is 0 Å². The van der Waals surface area contributed by atoms with Crippen molar-refractivity contribution >= 4 is 23.7 Å². The number of amides is 3. The molecule has 9 nitrogen and oxygen atoms in total. The molecule has 0 fully saturated rings. The van der Waals surface area contributed by atoms with Crippen molar-refractivity contribution in [3.05, 3.63) is 0 Å². The van der Waals surface area contributed by atoms with Crippen LogP contribution in [-0.2, 0) is 19.2 Å². The summed E-state index contributed by atoms with van der Waals surface area (Å²) in [6.45, 7) is 4.31. The summed E-state index contributed by atoms with van der Waals surface area (Å²) in [5.41, 5.74) is 5.75. The van der Waals surface area contributed by atoms with Crippen LogP contribution in [0.2, 0.25) is 0 Å². The molecule has 0 aliphatic rings. The quantitative estimate of drug-likeness (QED) is 0.338. The lowest BCUT2D eigenvalue weighted by Crippen LogP contribution is -2.53. The van der Waals surface area contributed by atoms with E-state index in [0.717, 1.165) is 6.42 Å². The zero-order valence-electron chi connectivity index (χ0n) is 13.0. The van der Waals surface area contributed by atoms with Gasteiger partial charge in [0.05, 0.1) is 12.6 Å². The van der Waals surface area contributed by atoms with Crippen LogP contribution in [0.5, 0.6) is 0 Å². The Hall–Kier alpha value is -2.16. The SMILES string of the molecule is CCC(C)C(N)C(=O)NC(C)C(=O)NCC(=O)NCC(=O)O. The molecule has 0 saturated heterocycles. The van der Waals surface area contributed by atoms with Gasteiger partial charge < -0.3 is 26.8 Å². The van der Waals surface area contributed by atoms with E-state index in [9.17, 15) is 19.2 Å². The molecule has 0 aromatic carbocycles. The number of carboxylic acid groups (broad SMARTS) is 1. The second-order valence-corrected chi connectivity index (χ2v) is 5.03. The number of nitrogens with one attached hydrogen (secondary N) is 3. The highest BCUT2D eigenvalue weighted by molar-refractivity contribution is 5.92. The Kier molecular flexibility index (Phi) is 8.76. The Balaban J connectivity index is 4.19. The van der Waals surface area contributed by atoms with Crippen LogP contribution >= 0.6 is 0 Å². The van der Waals surface area contributed by atoms with Crippen molar-refractivity contribution in [1.82, 2.24) is 16.0 Å². The molecule has 0 aromatic rings. The Morgan fingerprint density at radius 2 is 1.64 bits per heavy atom. The Morgan fingerprint density at radius 1 is 1.05 bits per heavy atom. The van der Waals surface area contributed by atoms with Crippen molar-refractivity contribution in [3.63, 3.8) is 0 Å². The summed E-state index contributed by atoms with van der Waals surface area (Å²) >= 11 is 0. The largest absolute Gasteiger partial charge is 0.480 e. The number of carboxylic acids is 1. The van der Waals surface area contributed by atoms with E-state index in [1.54, 1.807) is 0 Å². The van der Waals surface area contributed by atoms with Crippen molar-refractivity contribution in [2.45, 2.75) is 39.3 Å². The molecular weight excluding hydrogens is 292 g/mol. The molecule has 0 aliphatic heterocycles. The third kappa shape index (κ3) is 7.58. The Morgan fingerprint density at radius 3 is 2.14 bits per heavy atom. The fraction of sp³-hybridized carbons (Fsp3) is 0.692. The van der Waals surface area contributed by atoms with Gasteiger partial charge in [0.1, 0.15) is 12.6 Å². The van der Waals surface area contributed by atoms with E-state index >= 15 is 0 Å². The third-order valence-electron chi connectivity index (χ3n) is 3.17. The van der Waals surface area contributed by atoms with Gasteiger partial charge in [0, 0.05) is 0 Å². The van der Waals surface area contributed by atoms with Crippen LogP contribution in [0.25, 0.3) is 0 Å². The van der Waals surface area contributed by atoms with Crippen LogP contribution in [0.1, 0.15) is 27.2 Å². The van der Waals surface area contributed by atoms with Gasteiger partial charge in [0.2, 0.25) is 17.7 Å². The van der Waals surface area contributed by atoms with E-state index in [2.05, 4.69) is 16.0 Å². The minimum absolute atomic E-state index is 0.0166. The molecule has 0 radical (unpaired) electrons. The molecule has 0 aliphatic carbocycles. The first-order valence-electron chi connectivity index (χ1n) is 7.01. The smallest absolute Gasteiger partial charge is 0.322 e. The number of carbonyl (C=O) groups is 4. The second kappa shape index (κ2) is 9.72. The summed E-state index contributed by atoms with van der Waals surface area (Å²) in [7, 11) is 0. The summed E-state index contributed by atoms with van der Waals surface area (Å²) in [6, 6.07) is -1.56. The lowest BCUT2D eigenvalue weighted by molar-refractivity contribution is -0.138. The lowest BCUT2D eigenvalue weighted by atomic mass is 9.99. The maximum atomic E-state index is 11.8. The van der Waals surface area contributed by atoms with E-state index < -0.39 is 42.3 Å². The van der Waals surface area contributed by atoms with E-state index in [1.807, 2.05) is 13.8 Å². The van der Waals surface area contributed by atoms with Gasteiger partial charge >= 0.3 is 5.97 Å². The van der Waals surface area contributed by atoms with E-state index in [-0.39, 0.29) is 12.5 Å². The monoisotopic (exact) mass is 316 g/mol. The van der Waals surface area contributed by atoms with Crippen molar-refractivity contribution < 1.29 is 24.3 Å². The molecule has 0 saturated carbocycles. The highest BCUT2D eigenvalue weighted by Crippen LogP contribution is 2.05. The summed E-state index contributed by atoms with van der Waals surface area (Å²) in [5, 5.41) is 15.2. The molecule has 0 bridgehead atoms. The summed E-state index contributed by atoms with van der Waals surface area (Å²) in [5.74, 6) is -2.83. The molecule has 0 rings (SSSR count). The number of nitrogens with two attached hydrogens (primary N) is 1. The second-order valence-electron chi connectivity index (χ2n) is 5.03. The molecule has 0 spiro atoms. The standard InChI is InChI=1S/C13H24N4O5/c1-4-7(2)11(14)13(22)17-8(3)12(21)16-5-9(18)15-6-10(19)20/h7-8,11H,4-6,14H2,1-3H3,(H,15,18)(H,16,21)(H,17,22)(H,19,20). The highest BCUT2D eigenvalue weighted by Gasteiger charge is 2.23. The number of hydrogen-bond donors (Lipinski definition) is 5. The predicted octanol–water partition coefficient (Wildman–Crippen LogP) is -1.82. The van der Waals surface area contributed by atoms with Crippen molar-refractivity contribution in [2.75, 3.05) is 13.1 Å². The first-order valence-corrected chi connectivity index (χ1v) is 7.01. The van der Waals surface area contributed by atoms with Crippen LogP contribution in [0, 0.1) is 5.92 Å². The third-order valence-corrected chi connectivity index (χ3v) is 3.17. The van der Waals surface area contributed by atoms with Gasteiger partial charge in [-0.25, -0.2) is 0 Å². The number of carbonyl (C=O) groups excluding carboxylic acids is 3. The average Bonchev–Trinajstić information content (AvgIpc) is 2.48. The fourth-order valence-electron chi connectivity index (χ4n) is 1.44. The molecule has 3 amide bonds. The van der Waals surface area contributed by atoms with E-state index in [1.165, 1.54) is 6.92 Å². The molecule has 0 heterocycles. The first kappa shape index (κ1) is 19.8. The molecule has 3 unspecified atom stereocenters. The topological polar surface area (TPSA) is 151 Å². The van der Waals surface area contributed by atoms with Gasteiger partial charge in [-0.1, -0.05) is 20.3 Å². The maximum Gasteiger partial charge on any atom is 0.322 e. The van der Waals surface area contributed by atoms with Gasteiger partial charge in [-0.2, -0.15) is 0 Å². The number of rotatable bonds is 9. The number of hydrogen-bond acceptors (Lipinski definition) is 5. The van der Waals surface area contributed by atoms with Crippen molar-refractivity contribution in [1.29, 1.82) is 0 Å². The molecular formula is C13H24N4O5. The van der Waals surface area contributed by atoms with Gasteiger partial charge in [0.15, 0.2) is 0 Å². The van der Waals surface area contributed by atoms with Gasteiger partial charge in [0.25, 0.3) is 0 Å². The van der Waals surface area contributed by atoms with E-state index in [4.69, 9.17) is 10.8 Å². The molecule has 0 aromatic heterocycles. The van der Waals surface area contributed by atoms with Gasteiger partial charge in [-0.3, -0.25) is 19.2 Å². The Labute approximate surface area is 129 Å². The molecule has 3 atom stereocenters. The minimum Gasteiger partial charge on any atom is -0.480 e. The highest BCUT2D eigenvalue weighted by atomic mass is 16.4.